The highest BCUT2D eigenvalue weighted by Crippen LogP contribution is 2.24. The largest absolute Gasteiger partial charge is 0.465 e. The van der Waals surface area contributed by atoms with Crippen LogP contribution in [0.3, 0.4) is 0 Å². The molecule has 1 heterocycles. The van der Waals surface area contributed by atoms with Crippen LogP contribution in [-0.2, 0) is 17.6 Å². The standard InChI is InChI=1S/C16H18N2O3S/c1-4-10-6-8-11(9-7-10)14(19)18-16-17-12(5-2)13(22-16)15(20)21-3/h6-9H,4-5H2,1-3H3,(H,17,18,19). The number of amides is 1. The van der Waals surface area contributed by atoms with Crippen molar-refractivity contribution in [2.75, 3.05) is 12.4 Å². The van der Waals surface area contributed by atoms with Crippen molar-refractivity contribution in [2.24, 2.45) is 0 Å². The maximum Gasteiger partial charge on any atom is 0.350 e. The Morgan fingerprint density at radius 3 is 2.41 bits per heavy atom. The van der Waals surface area contributed by atoms with Crippen LogP contribution in [0.25, 0.3) is 0 Å². The summed E-state index contributed by atoms with van der Waals surface area (Å²) in [4.78, 5) is 28.6. The van der Waals surface area contributed by atoms with Crippen LogP contribution in [0.4, 0.5) is 5.13 Å². The van der Waals surface area contributed by atoms with Crippen LogP contribution < -0.4 is 5.32 Å². The summed E-state index contributed by atoms with van der Waals surface area (Å²) in [6.45, 7) is 3.96. The topological polar surface area (TPSA) is 68.3 Å². The predicted molar refractivity (Wildman–Crippen MR) is 86.6 cm³/mol. The van der Waals surface area contributed by atoms with E-state index in [1.54, 1.807) is 12.1 Å². The van der Waals surface area contributed by atoms with E-state index >= 15 is 0 Å². The minimum Gasteiger partial charge on any atom is -0.465 e. The van der Waals surface area contributed by atoms with Gasteiger partial charge in [-0.3, -0.25) is 10.1 Å². The molecule has 0 aliphatic heterocycles. The molecule has 0 spiro atoms. The fraction of sp³-hybridized carbons (Fsp3) is 0.312. The van der Waals surface area contributed by atoms with E-state index in [2.05, 4.69) is 17.2 Å². The van der Waals surface area contributed by atoms with Crippen molar-refractivity contribution in [3.8, 4) is 0 Å². The second kappa shape index (κ2) is 7.17. The van der Waals surface area contributed by atoms with Crippen LogP contribution in [0.2, 0.25) is 0 Å². The van der Waals surface area contributed by atoms with Crippen molar-refractivity contribution < 1.29 is 14.3 Å². The van der Waals surface area contributed by atoms with Crippen molar-refractivity contribution in [3.05, 3.63) is 46.0 Å². The van der Waals surface area contributed by atoms with Crippen molar-refractivity contribution >= 4 is 28.3 Å². The summed E-state index contributed by atoms with van der Waals surface area (Å²) >= 11 is 1.13. The number of rotatable bonds is 5. The third-order valence-corrected chi connectivity index (χ3v) is 4.24. The SMILES string of the molecule is CCc1ccc(C(=O)Nc2nc(CC)c(C(=O)OC)s2)cc1. The number of aryl methyl sites for hydroxylation is 2. The number of nitrogens with one attached hydrogen (secondary N) is 1. The molecule has 1 amide bonds. The Labute approximate surface area is 133 Å². The zero-order valence-corrected chi connectivity index (χ0v) is 13.6. The van der Waals surface area contributed by atoms with Gasteiger partial charge in [0.25, 0.3) is 5.91 Å². The first-order valence-electron chi connectivity index (χ1n) is 7.07. The average molecular weight is 318 g/mol. The number of hydrogen-bond donors (Lipinski definition) is 1. The Balaban J connectivity index is 2.17. The van der Waals surface area contributed by atoms with Gasteiger partial charge in [-0.05, 0) is 30.5 Å². The van der Waals surface area contributed by atoms with Gasteiger partial charge in [-0.1, -0.05) is 37.3 Å². The van der Waals surface area contributed by atoms with Gasteiger partial charge in [0, 0.05) is 5.56 Å². The maximum absolute atomic E-state index is 12.2. The zero-order chi connectivity index (χ0) is 16.1. The highest BCUT2D eigenvalue weighted by molar-refractivity contribution is 7.17. The van der Waals surface area contributed by atoms with Gasteiger partial charge in [0.15, 0.2) is 5.13 Å². The fourth-order valence-corrected chi connectivity index (χ4v) is 2.93. The van der Waals surface area contributed by atoms with E-state index in [0.29, 0.717) is 27.7 Å². The molecule has 2 rings (SSSR count). The average Bonchev–Trinajstić information content (AvgIpc) is 2.97. The molecule has 116 valence electrons. The number of thiazole rings is 1. The minimum atomic E-state index is -0.429. The molecule has 6 heteroatoms. The highest BCUT2D eigenvalue weighted by Gasteiger charge is 2.18. The molecular formula is C16H18N2O3S. The molecule has 0 bridgehead atoms. The van der Waals surface area contributed by atoms with Gasteiger partial charge in [0.05, 0.1) is 12.8 Å². The highest BCUT2D eigenvalue weighted by atomic mass is 32.1. The first-order valence-corrected chi connectivity index (χ1v) is 7.89. The molecule has 0 aliphatic carbocycles. The van der Waals surface area contributed by atoms with E-state index in [4.69, 9.17) is 4.74 Å². The number of carbonyl (C=O) groups is 2. The molecule has 5 nitrogen and oxygen atoms in total. The molecule has 0 radical (unpaired) electrons. The number of anilines is 1. The number of ether oxygens (including phenoxy) is 1. The molecule has 0 saturated carbocycles. The fourth-order valence-electron chi connectivity index (χ4n) is 1.96. The minimum absolute atomic E-state index is 0.240. The quantitative estimate of drug-likeness (QED) is 0.859. The normalized spacial score (nSPS) is 10.3. The third-order valence-electron chi connectivity index (χ3n) is 3.25. The third kappa shape index (κ3) is 3.51. The lowest BCUT2D eigenvalue weighted by molar-refractivity contribution is 0.0604. The summed E-state index contributed by atoms with van der Waals surface area (Å²) in [7, 11) is 1.33. The van der Waals surface area contributed by atoms with E-state index in [-0.39, 0.29) is 5.91 Å². The summed E-state index contributed by atoms with van der Waals surface area (Å²) in [5.74, 6) is -0.669. The molecule has 0 saturated heterocycles. The number of carbonyl (C=O) groups excluding carboxylic acids is 2. The maximum atomic E-state index is 12.2. The molecule has 1 N–H and O–H groups in total. The van der Waals surface area contributed by atoms with Crippen molar-refractivity contribution in [1.29, 1.82) is 0 Å². The molecule has 1 aromatic heterocycles. The number of nitrogens with zero attached hydrogens (tertiary/aromatic N) is 1. The first-order chi connectivity index (χ1) is 10.6. The number of aromatic nitrogens is 1. The number of benzene rings is 1. The van der Waals surface area contributed by atoms with Crippen LogP contribution in [0.15, 0.2) is 24.3 Å². The smallest absolute Gasteiger partial charge is 0.350 e. The Kier molecular flexibility index (Phi) is 5.27. The molecule has 22 heavy (non-hydrogen) atoms. The molecule has 0 aliphatic rings. The van der Waals surface area contributed by atoms with Gasteiger partial charge >= 0.3 is 5.97 Å². The first kappa shape index (κ1) is 16.2. The zero-order valence-electron chi connectivity index (χ0n) is 12.8. The molecule has 1 aromatic carbocycles. The molecule has 0 atom stereocenters. The van der Waals surface area contributed by atoms with Crippen molar-refractivity contribution in [3.63, 3.8) is 0 Å². The van der Waals surface area contributed by atoms with E-state index < -0.39 is 5.97 Å². The van der Waals surface area contributed by atoms with E-state index in [0.717, 1.165) is 17.8 Å². The van der Waals surface area contributed by atoms with Crippen LogP contribution in [0.1, 0.15) is 45.1 Å². The number of methoxy groups -OCH3 is 1. The Morgan fingerprint density at radius 2 is 1.86 bits per heavy atom. The van der Waals surface area contributed by atoms with Gasteiger partial charge in [-0.15, -0.1) is 0 Å². The Bertz CT molecular complexity index is 677. The van der Waals surface area contributed by atoms with Gasteiger partial charge in [0.1, 0.15) is 4.88 Å². The van der Waals surface area contributed by atoms with E-state index in [1.165, 1.54) is 12.7 Å². The van der Waals surface area contributed by atoms with Crippen LogP contribution in [0.5, 0.6) is 0 Å². The molecule has 0 fully saturated rings. The van der Waals surface area contributed by atoms with E-state index in [9.17, 15) is 9.59 Å². The lowest BCUT2D eigenvalue weighted by Crippen LogP contribution is -2.11. The van der Waals surface area contributed by atoms with Gasteiger partial charge in [-0.2, -0.15) is 0 Å². The van der Waals surface area contributed by atoms with Crippen molar-refractivity contribution in [2.45, 2.75) is 26.7 Å². The summed E-state index contributed by atoms with van der Waals surface area (Å²) in [5, 5.41) is 3.13. The number of hydrogen-bond acceptors (Lipinski definition) is 5. The number of esters is 1. The second-order valence-electron chi connectivity index (χ2n) is 4.64. The Morgan fingerprint density at radius 1 is 1.18 bits per heavy atom. The second-order valence-corrected chi connectivity index (χ2v) is 5.64. The van der Waals surface area contributed by atoms with E-state index in [1.807, 2.05) is 19.1 Å². The summed E-state index contributed by atoms with van der Waals surface area (Å²) in [6, 6.07) is 7.41. The molecule has 0 unspecified atom stereocenters. The summed E-state index contributed by atoms with van der Waals surface area (Å²) < 4.78 is 4.73. The predicted octanol–water partition coefficient (Wildman–Crippen LogP) is 3.31. The molecule has 2 aromatic rings. The van der Waals surface area contributed by atoms with Crippen molar-refractivity contribution in [1.82, 2.24) is 4.98 Å². The Hall–Kier alpha value is -2.21. The lowest BCUT2D eigenvalue weighted by atomic mass is 10.1. The summed E-state index contributed by atoms with van der Waals surface area (Å²) in [6.07, 6.45) is 1.53. The van der Waals surface area contributed by atoms with Crippen LogP contribution in [-0.4, -0.2) is 24.0 Å². The van der Waals surface area contributed by atoms with Gasteiger partial charge in [0.2, 0.25) is 0 Å². The van der Waals surface area contributed by atoms with Crippen LogP contribution >= 0.6 is 11.3 Å². The lowest BCUT2D eigenvalue weighted by Gasteiger charge is -2.02. The summed E-state index contributed by atoms with van der Waals surface area (Å²) in [5.41, 5.74) is 2.37. The van der Waals surface area contributed by atoms with Gasteiger partial charge in [-0.25, -0.2) is 9.78 Å². The monoisotopic (exact) mass is 318 g/mol. The van der Waals surface area contributed by atoms with Gasteiger partial charge < -0.3 is 4.74 Å². The van der Waals surface area contributed by atoms with Crippen LogP contribution in [0, 0.1) is 0 Å². The molecular weight excluding hydrogens is 300 g/mol.